The predicted octanol–water partition coefficient (Wildman–Crippen LogP) is 0.755. The lowest BCUT2D eigenvalue weighted by Gasteiger charge is -2.06. The van der Waals surface area contributed by atoms with Crippen LogP contribution >= 0.6 is 0 Å². The van der Waals surface area contributed by atoms with Crippen molar-refractivity contribution in [1.29, 1.82) is 0 Å². The third-order valence-corrected chi connectivity index (χ3v) is 2.45. The number of nitrogens with two attached hydrogens (primary N) is 1. The molecule has 2 heterocycles. The summed E-state index contributed by atoms with van der Waals surface area (Å²) in [5.41, 5.74) is 6.43. The summed E-state index contributed by atoms with van der Waals surface area (Å²) in [6.45, 7) is 2.66. The number of aryl methyl sites for hydroxylation is 2. The third kappa shape index (κ3) is 2.93. The number of anilines is 2. The Morgan fingerprint density at radius 1 is 1.41 bits per heavy atom. The van der Waals surface area contributed by atoms with Crippen LogP contribution < -0.4 is 11.1 Å². The molecule has 0 aliphatic rings. The van der Waals surface area contributed by atoms with Crippen LogP contribution in [0.2, 0.25) is 0 Å². The molecule has 0 amide bonds. The lowest BCUT2D eigenvalue weighted by atomic mass is 10.3. The van der Waals surface area contributed by atoms with Gasteiger partial charge in [-0.3, -0.25) is 0 Å². The molecule has 0 aliphatic heterocycles. The third-order valence-electron chi connectivity index (χ3n) is 2.45. The first-order valence-electron chi connectivity index (χ1n) is 5.46. The molecule has 0 atom stereocenters. The number of hydrogen-bond donors (Lipinski definition) is 2. The summed E-state index contributed by atoms with van der Waals surface area (Å²) < 4.78 is 2.00. The molecule has 2 rings (SSSR count). The quantitative estimate of drug-likeness (QED) is 0.813. The van der Waals surface area contributed by atoms with Gasteiger partial charge in [0.25, 0.3) is 0 Å². The summed E-state index contributed by atoms with van der Waals surface area (Å²) in [7, 11) is 1.98. The Hall–Kier alpha value is -2.11. The minimum atomic E-state index is 0.296. The van der Waals surface area contributed by atoms with Crippen LogP contribution in [0.4, 0.5) is 11.8 Å². The molecule has 2 aromatic rings. The monoisotopic (exact) mass is 232 g/mol. The number of nitrogen functional groups attached to an aromatic ring is 1. The van der Waals surface area contributed by atoms with Crippen LogP contribution in [0.1, 0.15) is 11.5 Å². The molecule has 0 bridgehead atoms. The second kappa shape index (κ2) is 4.82. The maximum atomic E-state index is 5.57. The van der Waals surface area contributed by atoms with Crippen molar-refractivity contribution in [3.05, 3.63) is 30.0 Å². The van der Waals surface area contributed by atoms with Gasteiger partial charge in [0.1, 0.15) is 11.6 Å². The molecular weight excluding hydrogens is 216 g/mol. The van der Waals surface area contributed by atoms with Gasteiger partial charge < -0.3 is 15.6 Å². The van der Waals surface area contributed by atoms with Crippen LogP contribution in [0.15, 0.2) is 18.5 Å². The largest absolute Gasteiger partial charge is 0.369 e. The van der Waals surface area contributed by atoms with Crippen molar-refractivity contribution in [3.8, 4) is 0 Å². The molecule has 0 saturated carbocycles. The van der Waals surface area contributed by atoms with Crippen LogP contribution in [0, 0.1) is 6.92 Å². The summed E-state index contributed by atoms with van der Waals surface area (Å²) in [4.78, 5) is 12.4. The average molecular weight is 232 g/mol. The van der Waals surface area contributed by atoms with Gasteiger partial charge in [-0.2, -0.15) is 4.98 Å². The lowest BCUT2D eigenvalue weighted by Crippen LogP contribution is -2.10. The number of aromatic nitrogens is 4. The second-order valence-corrected chi connectivity index (χ2v) is 3.88. The van der Waals surface area contributed by atoms with Gasteiger partial charge in [0.15, 0.2) is 0 Å². The van der Waals surface area contributed by atoms with Gasteiger partial charge in [0.2, 0.25) is 5.95 Å². The number of nitrogens with zero attached hydrogens (tertiary/aromatic N) is 4. The van der Waals surface area contributed by atoms with Crippen molar-refractivity contribution in [2.24, 2.45) is 7.05 Å². The number of hydrogen-bond acceptors (Lipinski definition) is 5. The highest BCUT2D eigenvalue weighted by molar-refractivity contribution is 5.40. The summed E-state index contributed by atoms with van der Waals surface area (Å²) in [6, 6.07) is 1.87. The molecule has 6 nitrogen and oxygen atoms in total. The van der Waals surface area contributed by atoms with E-state index in [1.165, 1.54) is 0 Å². The van der Waals surface area contributed by atoms with Crippen LogP contribution in [-0.4, -0.2) is 26.1 Å². The SMILES string of the molecule is Cc1cc(NCCc2nccn2C)nc(N)n1. The van der Waals surface area contributed by atoms with Gasteiger partial charge in [0, 0.05) is 44.2 Å². The molecule has 0 fully saturated rings. The summed E-state index contributed by atoms with van der Waals surface area (Å²) in [6.07, 6.45) is 4.57. The molecular formula is C11H16N6. The topological polar surface area (TPSA) is 81.7 Å². The minimum absolute atomic E-state index is 0.296. The summed E-state index contributed by atoms with van der Waals surface area (Å²) in [5, 5.41) is 3.21. The molecule has 0 radical (unpaired) electrons. The zero-order valence-electron chi connectivity index (χ0n) is 10.0. The van der Waals surface area contributed by atoms with Crippen LogP contribution in [-0.2, 0) is 13.5 Å². The molecule has 0 aromatic carbocycles. The standard InChI is InChI=1S/C11H16N6/c1-8-7-9(16-11(12)15-8)13-4-3-10-14-5-6-17(10)2/h5-7H,3-4H2,1-2H3,(H3,12,13,15,16). The molecule has 0 spiro atoms. The van der Waals surface area contributed by atoms with E-state index in [0.717, 1.165) is 30.3 Å². The number of rotatable bonds is 4. The van der Waals surface area contributed by atoms with Crippen molar-refractivity contribution in [1.82, 2.24) is 19.5 Å². The molecule has 3 N–H and O–H groups in total. The van der Waals surface area contributed by atoms with E-state index in [1.54, 1.807) is 6.20 Å². The Morgan fingerprint density at radius 2 is 2.24 bits per heavy atom. The highest BCUT2D eigenvalue weighted by Gasteiger charge is 2.01. The van der Waals surface area contributed by atoms with Gasteiger partial charge in [-0.05, 0) is 6.92 Å². The van der Waals surface area contributed by atoms with E-state index >= 15 is 0 Å². The number of imidazole rings is 1. The molecule has 0 aliphatic carbocycles. The number of nitrogens with one attached hydrogen (secondary N) is 1. The summed E-state index contributed by atoms with van der Waals surface area (Å²) in [5.74, 6) is 2.09. The van der Waals surface area contributed by atoms with E-state index in [4.69, 9.17) is 5.73 Å². The van der Waals surface area contributed by atoms with E-state index in [0.29, 0.717) is 5.95 Å². The zero-order chi connectivity index (χ0) is 12.3. The molecule has 0 unspecified atom stereocenters. The Bertz CT molecular complexity index is 484. The highest BCUT2D eigenvalue weighted by Crippen LogP contribution is 2.07. The molecule has 2 aromatic heterocycles. The van der Waals surface area contributed by atoms with E-state index < -0.39 is 0 Å². The van der Waals surface area contributed by atoms with Crippen molar-refractivity contribution in [3.63, 3.8) is 0 Å². The fourth-order valence-electron chi connectivity index (χ4n) is 1.62. The first-order chi connectivity index (χ1) is 8.15. The van der Waals surface area contributed by atoms with Crippen LogP contribution in [0.25, 0.3) is 0 Å². The van der Waals surface area contributed by atoms with Gasteiger partial charge in [0.05, 0.1) is 0 Å². The highest BCUT2D eigenvalue weighted by atomic mass is 15.1. The van der Waals surface area contributed by atoms with Gasteiger partial charge >= 0.3 is 0 Å². The maximum Gasteiger partial charge on any atom is 0.222 e. The molecule has 0 saturated heterocycles. The molecule has 90 valence electrons. The Kier molecular flexibility index (Phi) is 3.22. The molecule has 17 heavy (non-hydrogen) atoms. The van der Waals surface area contributed by atoms with E-state index in [-0.39, 0.29) is 0 Å². The fourth-order valence-corrected chi connectivity index (χ4v) is 1.62. The van der Waals surface area contributed by atoms with Gasteiger partial charge in [-0.15, -0.1) is 0 Å². The van der Waals surface area contributed by atoms with Gasteiger partial charge in [-0.25, -0.2) is 9.97 Å². The van der Waals surface area contributed by atoms with Crippen molar-refractivity contribution < 1.29 is 0 Å². The minimum Gasteiger partial charge on any atom is -0.369 e. The van der Waals surface area contributed by atoms with Crippen molar-refractivity contribution in [2.75, 3.05) is 17.6 Å². The van der Waals surface area contributed by atoms with Crippen LogP contribution in [0.5, 0.6) is 0 Å². The van der Waals surface area contributed by atoms with Crippen molar-refractivity contribution in [2.45, 2.75) is 13.3 Å². The van der Waals surface area contributed by atoms with Crippen molar-refractivity contribution >= 4 is 11.8 Å². The van der Waals surface area contributed by atoms with E-state index in [1.807, 2.05) is 30.8 Å². The average Bonchev–Trinajstić information content (AvgIpc) is 2.63. The van der Waals surface area contributed by atoms with Crippen LogP contribution in [0.3, 0.4) is 0 Å². The lowest BCUT2D eigenvalue weighted by molar-refractivity contribution is 0.788. The van der Waals surface area contributed by atoms with E-state index in [9.17, 15) is 0 Å². The van der Waals surface area contributed by atoms with E-state index in [2.05, 4.69) is 20.3 Å². The predicted molar refractivity (Wildman–Crippen MR) is 66.6 cm³/mol. The van der Waals surface area contributed by atoms with Gasteiger partial charge in [-0.1, -0.05) is 0 Å². The summed E-state index contributed by atoms with van der Waals surface area (Å²) >= 11 is 0. The smallest absolute Gasteiger partial charge is 0.222 e. The normalized spacial score (nSPS) is 10.5. The Balaban J connectivity index is 1.92. The molecule has 6 heteroatoms. The first-order valence-corrected chi connectivity index (χ1v) is 5.46. The Morgan fingerprint density at radius 3 is 2.88 bits per heavy atom. The first kappa shape index (κ1) is 11.4. The maximum absolute atomic E-state index is 5.57. The fraction of sp³-hybridized carbons (Fsp3) is 0.364. The zero-order valence-corrected chi connectivity index (χ0v) is 10.0. The second-order valence-electron chi connectivity index (χ2n) is 3.88. The Labute approximate surface area is 99.9 Å².